The maximum Gasteiger partial charge on any atom is 0.225 e. The number of thiophene rings is 1. The van der Waals surface area contributed by atoms with Crippen LogP contribution in [0.3, 0.4) is 0 Å². The predicted octanol–water partition coefficient (Wildman–Crippen LogP) is 5.44. The fraction of sp³-hybridized carbons (Fsp3) is 0.227. The number of para-hydroxylation sites is 1. The van der Waals surface area contributed by atoms with Crippen LogP contribution in [0.5, 0.6) is 11.5 Å². The molecule has 1 aliphatic rings. The molecule has 2 heterocycles. The molecule has 0 bridgehead atoms. The van der Waals surface area contributed by atoms with E-state index in [1.807, 2.05) is 36.6 Å². The van der Waals surface area contributed by atoms with Crippen molar-refractivity contribution in [3.05, 3.63) is 64.1 Å². The van der Waals surface area contributed by atoms with Gasteiger partial charge in [0.25, 0.3) is 0 Å². The molecule has 0 radical (unpaired) electrons. The van der Waals surface area contributed by atoms with Crippen LogP contribution in [-0.2, 0) is 4.79 Å². The van der Waals surface area contributed by atoms with Crippen molar-refractivity contribution in [2.75, 3.05) is 19.0 Å². The Labute approximate surface area is 166 Å². The summed E-state index contributed by atoms with van der Waals surface area (Å²) in [6, 6.07) is 12.1. The molecule has 1 amide bonds. The zero-order valence-corrected chi connectivity index (χ0v) is 16.4. The van der Waals surface area contributed by atoms with Crippen LogP contribution >= 0.6 is 11.3 Å². The van der Waals surface area contributed by atoms with E-state index < -0.39 is 0 Å². The standard InChI is InChI=1S/C22H20FNO3S/c1-3-27-21-15(8-5-9-18(21)26-2)16-11-19(25)24-20-17(12-28-22(16)20)13-6-4-7-14(23)10-13/h4-10,12,16H,3,11H2,1-2H3,(H,24,25). The van der Waals surface area contributed by atoms with Crippen LogP contribution in [0, 0.1) is 5.82 Å². The van der Waals surface area contributed by atoms with Gasteiger partial charge in [0.15, 0.2) is 11.5 Å². The van der Waals surface area contributed by atoms with Crippen LogP contribution in [0.4, 0.5) is 10.1 Å². The molecule has 1 N–H and O–H groups in total. The second kappa shape index (κ2) is 7.64. The molecule has 0 aliphatic carbocycles. The summed E-state index contributed by atoms with van der Waals surface area (Å²) in [7, 11) is 1.60. The van der Waals surface area contributed by atoms with E-state index in [4.69, 9.17) is 9.47 Å². The number of nitrogens with one attached hydrogen (secondary N) is 1. The summed E-state index contributed by atoms with van der Waals surface area (Å²) in [6.45, 7) is 2.42. The van der Waals surface area contributed by atoms with Crippen molar-refractivity contribution >= 4 is 22.9 Å². The second-order valence-corrected chi connectivity index (χ2v) is 7.43. The fourth-order valence-corrected chi connectivity index (χ4v) is 4.77. The van der Waals surface area contributed by atoms with Crippen LogP contribution in [-0.4, -0.2) is 19.6 Å². The average Bonchev–Trinajstić information content (AvgIpc) is 3.11. The highest BCUT2D eigenvalue weighted by molar-refractivity contribution is 7.11. The molecule has 28 heavy (non-hydrogen) atoms. The number of amides is 1. The summed E-state index contributed by atoms with van der Waals surface area (Å²) in [4.78, 5) is 13.6. The molecule has 1 aromatic heterocycles. The van der Waals surface area contributed by atoms with Gasteiger partial charge in [0, 0.05) is 33.7 Å². The summed E-state index contributed by atoms with van der Waals surface area (Å²) >= 11 is 1.56. The number of anilines is 1. The van der Waals surface area contributed by atoms with Gasteiger partial charge in [-0.3, -0.25) is 4.79 Å². The van der Waals surface area contributed by atoms with Crippen molar-refractivity contribution in [2.45, 2.75) is 19.3 Å². The first kappa shape index (κ1) is 18.5. The van der Waals surface area contributed by atoms with Gasteiger partial charge in [-0.15, -0.1) is 11.3 Å². The van der Waals surface area contributed by atoms with Crippen molar-refractivity contribution in [2.24, 2.45) is 0 Å². The third-order valence-corrected chi connectivity index (χ3v) is 5.92. The Kier molecular flexibility index (Phi) is 5.05. The van der Waals surface area contributed by atoms with Gasteiger partial charge in [-0.2, -0.15) is 0 Å². The number of ether oxygens (including phenoxy) is 2. The van der Waals surface area contributed by atoms with Gasteiger partial charge < -0.3 is 14.8 Å². The molecule has 144 valence electrons. The lowest BCUT2D eigenvalue weighted by Crippen LogP contribution is -2.23. The van der Waals surface area contributed by atoms with E-state index >= 15 is 0 Å². The third kappa shape index (κ3) is 3.24. The maximum absolute atomic E-state index is 13.7. The Morgan fingerprint density at radius 1 is 1.25 bits per heavy atom. The number of rotatable bonds is 5. The minimum Gasteiger partial charge on any atom is -0.493 e. The van der Waals surface area contributed by atoms with E-state index in [1.54, 1.807) is 24.5 Å². The molecule has 3 aromatic rings. The van der Waals surface area contributed by atoms with Gasteiger partial charge in [-0.25, -0.2) is 4.39 Å². The van der Waals surface area contributed by atoms with Crippen LogP contribution < -0.4 is 14.8 Å². The van der Waals surface area contributed by atoms with E-state index in [9.17, 15) is 9.18 Å². The molecule has 0 spiro atoms. The Balaban J connectivity index is 1.84. The minimum atomic E-state index is -0.303. The molecule has 0 saturated carbocycles. The highest BCUT2D eigenvalue weighted by Gasteiger charge is 2.33. The number of benzene rings is 2. The first-order valence-electron chi connectivity index (χ1n) is 9.09. The fourth-order valence-electron chi connectivity index (χ4n) is 3.61. The molecular weight excluding hydrogens is 377 g/mol. The van der Waals surface area contributed by atoms with Crippen LogP contribution in [0.1, 0.15) is 29.7 Å². The Hall–Kier alpha value is -2.86. The number of halogens is 1. The summed E-state index contributed by atoms with van der Waals surface area (Å²) in [5, 5.41) is 4.95. The van der Waals surface area contributed by atoms with E-state index in [-0.39, 0.29) is 17.6 Å². The first-order valence-corrected chi connectivity index (χ1v) is 9.97. The average molecular weight is 397 g/mol. The van der Waals surface area contributed by atoms with Crippen molar-refractivity contribution < 1.29 is 18.7 Å². The monoisotopic (exact) mass is 397 g/mol. The number of hydrogen-bond donors (Lipinski definition) is 1. The van der Waals surface area contributed by atoms with Gasteiger partial charge in [-0.1, -0.05) is 24.3 Å². The topological polar surface area (TPSA) is 47.6 Å². The zero-order chi connectivity index (χ0) is 19.7. The lowest BCUT2D eigenvalue weighted by Gasteiger charge is -2.26. The van der Waals surface area contributed by atoms with E-state index in [2.05, 4.69) is 5.32 Å². The molecule has 1 atom stereocenters. The highest BCUT2D eigenvalue weighted by Crippen LogP contribution is 2.49. The highest BCUT2D eigenvalue weighted by atomic mass is 32.1. The molecule has 1 unspecified atom stereocenters. The largest absolute Gasteiger partial charge is 0.493 e. The summed E-state index contributed by atoms with van der Waals surface area (Å²) in [5.41, 5.74) is 3.25. The van der Waals surface area contributed by atoms with Crippen molar-refractivity contribution in [1.82, 2.24) is 0 Å². The lowest BCUT2D eigenvalue weighted by molar-refractivity contribution is -0.116. The number of hydrogen-bond acceptors (Lipinski definition) is 4. The number of methoxy groups -OCH3 is 1. The lowest BCUT2D eigenvalue weighted by atomic mass is 9.88. The molecule has 4 rings (SSSR count). The molecule has 0 fully saturated rings. The quantitative estimate of drug-likeness (QED) is 0.624. The predicted molar refractivity (Wildman–Crippen MR) is 109 cm³/mol. The van der Waals surface area contributed by atoms with Gasteiger partial charge in [0.1, 0.15) is 5.82 Å². The van der Waals surface area contributed by atoms with Gasteiger partial charge in [0.05, 0.1) is 19.4 Å². The third-order valence-electron chi connectivity index (χ3n) is 4.82. The van der Waals surface area contributed by atoms with Gasteiger partial charge >= 0.3 is 0 Å². The Morgan fingerprint density at radius 2 is 2.07 bits per heavy atom. The first-order chi connectivity index (χ1) is 13.6. The van der Waals surface area contributed by atoms with E-state index in [1.165, 1.54) is 12.1 Å². The van der Waals surface area contributed by atoms with Crippen LogP contribution in [0.2, 0.25) is 0 Å². The number of carbonyl (C=O) groups is 1. The van der Waals surface area contributed by atoms with Gasteiger partial charge in [-0.05, 0) is 30.7 Å². The minimum absolute atomic E-state index is 0.0705. The number of carbonyl (C=O) groups excluding carboxylic acids is 1. The van der Waals surface area contributed by atoms with Crippen molar-refractivity contribution in [3.8, 4) is 22.6 Å². The second-order valence-electron chi connectivity index (χ2n) is 6.52. The Bertz CT molecular complexity index is 1030. The maximum atomic E-state index is 13.7. The SMILES string of the molecule is CCOc1c(OC)cccc1C1CC(=O)Nc2c(-c3cccc(F)c3)csc21. The van der Waals surface area contributed by atoms with E-state index in [0.717, 1.165) is 27.3 Å². The van der Waals surface area contributed by atoms with Crippen molar-refractivity contribution in [1.29, 1.82) is 0 Å². The summed E-state index contributed by atoms with van der Waals surface area (Å²) < 4.78 is 25.1. The summed E-state index contributed by atoms with van der Waals surface area (Å²) in [5.74, 6) is 0.793. The molecule has 0 saturated heterocycles. The normalized spacial score (nSPS) is 15.7. The van der Waals surface area contributed by atoms with Crippen LogP contribution in [0.15, 0.2) is 47.8 Å². The molecule has 4 nitrogen and oxygen atoms in total. The molecular formula is C22H20FNO3S. The van der Waals surface area contributed by atoms with Gasteiger partial charge in [0.2, 0.25) is 5.91 Å². The van der Waals surface area contributed by atoms with Crippen molar-refractivity contribution in [3.63, 3.8) is 0 Å². The number of fused-ring (bicyclic) bond motifs is 1. The summed E-state index contributed by atoms with van der Waals surface area (Å²) in [6.07, 6.45) is 0.323. The van der Waals surface area contributed by atoms with E-state index in [0.29, 0.717) is 24.5 Å². The van der Waals surface area contributed by atoms with Crippen LogP contribution in [0.25, 0.3) is 11.1 Å². The molecule has 6 heteroatoms. The molecule has 1 aliphatic heterocycles. The smallest absolute Gasteiger partial charge is 0.225 e. The molecule has 2 aromatic carbocycles. The Morgan fingerprint density at radius 3 is 2.82 bits per heavy atom. The zero-order valence-electron chi connectivity index (χ0n) is 15.6.